The van der Waals surface area contributed by atoms with Crippen molar-refractivity contribution in [3.05, 3.63) is 18.2 Å². The molecule has 1 aromatic carbocycles. The number of anilines is 2. The van der Waals surface area contributed by atoms with Gasteiger partial charge < -0.3 is 16.4 Å². The zero-order chi connectivity index (χ0) is 16.0. The maximum absolute atomic E-state index is 12.0. The van der Waals surface area contributed by atoms with Crippen LogP contribution in [0.4, 0.5) is 11.4 Å². The van der Waals surface area contributed by atoms with Crippen LogP contribution in [0, 0.1) is 0 Å². The summed E-state index contributed by atoms with van der Waals surface area (Å²) in [4.78, 5) is 11.9. The molecule has 0 heterocycles. The first-order valence-electron chi connectivity index (χ1n) is 6.69. The molecule has 0 aliphatic carbocycles. The molecule has 0 aromatic heterocycles. The first kappa shape index (κ1) is 17.3. The van der Waals surface area contributed by atoms with Crippen molar-refractivity contribution in [2.45, 2.75) is 31.2 Å². The molecule has 1 amide bonds. The molecule has 1 unspecified atom stereocenters. The number of nitrogens with two attached hydrogens (primary N) is 1. The van der Waals surface area contributed by atoms with E-state index in [9.17, 15) is 13.2 Å². The Morgan fingerprint density at radius 1 is 1.38 bits per heavy atom. The van der Waals surface area contributed by atoms with Gasteiger partial charge in [0.25, 0.3) is 0 Å². The van der Waals surface area contributed by atoms with E-state index >= 15 is 0 Å². The monoisotopic (exact) mass is 314 g/mol. The van der Waals surface area contributed by atoms with Crippen molar-refractivity contribution in [3.63, 3.8) is 0 Å². The van der Waals surface area contributed by atoms with Crippen molar-refractivity contribution >= 4 is 27.3 Å². The van der Waals surface area contributed by atoms with Gasteiger partial charge in [-0.25, -0.2) is 13.1 Å². The minimum Gasteiger partial charge on any atom is -0.399 e. The van der Waals surface area contributed by atoms with Crippen molar-refractivity contribution < 1.29 is 13.2 Å². The first-order valence-corrected chi connectivity index (χ1v) is 8.17. The maximum atomic E-state index is 12.0. The fourth-order valence-corrected chi connectivity index (χ4v) is 2.62. The second-order valence-corrected chi connectivity index (χ2v) is 6.48. The van der Waals surface area contributed by atoms with Gasteiger partial charge in [-0.2, -0.15) is 0 Å². The summed E-state index contributed by atoms with van der Waals surface area (Å²) in [5.74, 6) is -0.193. The van der Waals surface area contributed by atoms with Gasteiger partial charge in [-0.15, -0.1) is 0 Å². The van der Waals surface area contributed by atoms with Crippen LogP contribution in [-0.4, -0.2) is 34.0 Å². The minimum absolute atomic E-state index is 0.0140. The van der Waals surface area contributed by atoms with Gasteiger partial charge in [0.1, 0.15) is 10.9 Å². The molecular weight excluding hydrogens is 292 g/mol. The highest BCUT2D eigenvalue weighted by Gasteiger charge is 2.20. The highest BCUT2D eigenvalue weighted by atomic mass is 32.2. The largest absolute Gasteiger partial charge is 0.399 e. The number of rotatable bonds is 7. The van der Waals surface area contributed by atoms with Crippen LogP contribution in [0.2, 0.25) is 0 Å². The molecule has 21 heavy (non-hydrogen) atoms. The summed E-state index contributed by atoms with van der Waals surface area (Å²) < 4.78 is 26.2. The lowest BCUT2D eigenvalue weighted by Gasteiger charge is -2.18. The van der Waals surface area contributed by atoms with Crippen LogP contribution in [0.1, 0.15) is 20.3 Å². The Balaban J connectivity index is 3.01. The topological polar surface area (TPSA) is 113 Å². The van der Waals surface area contributed by atoms with Crippen molar-refractivity contribution in [1.29, 1.82) is 0 Å². The van der Waals surface area contributed by atoms with E-state index in [0.717, 1.165) is 6.42 Å². The zero-order valence-corrected chi connectivity index (χ0v) is 13.3. The van der Waals surface area contributed by atoms with Crippen molar-refractivity contribution in [2.24, 2.45) is 0 Å². The Morgan fingerprint density at radius 2 is 2.05 bits per heavy atom. The molecule has 1 atom stereocenters. The third-order valence-corrected chi connectivity index (χ3v) is 4.33. The van der Waals surface area contributed by atoms with E-state index in [1.807, 2.05) is 6.92 Å². The minimum atomic E-state index is -3.66. The van der Waals surface area contributed by atoms with Gasteiger partial charge in [0.15, 0.2) is 0 Å². The number of carbonyl (C=O) groups is 1. The van der Waals surface area contributed by atoms with E-state index < -0.39 is 16.1 Å². The first-order chi connectivity index (χ1) is 9.81. The standard InChI is InChI=1S/C13H22N4O3S/c1-4-7-16-13(18)9(2)17-11-6-5-10(14)8-12(11)21(19,20)15-3/h5-6,8-9,15,17H,4,7,14H2,1-3H3,(H,16,18). The molecule has 0 aliphatic rings. The van der Waals surface area contributed by atoms with E-state index in [-0.39, 0.29) is 10.8 Å². The summed E-state index contributed by atoms with van der Waals surface area (Å²) in [6, 6.07) is 3.91. The number of hydrogen-bond acceptors (Lipinski definition) is 5. The molecule has 1 aromatic rings. The highest BCUT2D eigenvalue weighted by Crippen LogP contribution is 2.24. The van der Waals surface area contributed by atoms with Crippen LogP contribution in [0.3, 0.4) is 0 Å². The molecule has 118 valence electrons. The van der Waals surface area contributed by atoms with Crippen LogP contribution in [-0.2, 0) is 14.8 Å². The highest BCUT2D eigenvalue weighted by molar-refractivity contribution is 7.89. The smallest absolute Gasteiger partial charge is 0.242 e. The molecule has 5 N–H and O–H groups in total. The van der Waals surface area contributed by atoms with Crippen molar-refractivity contribution in [3.8, 4) is 0 Å². The Hall–Kier alpha value is -1.80. The lowest BCUT2D eigenvalue weighted by atomic mass is 10.2. The lowest BCUT2D eigenvalue weighted by molar-refractivity contribution is -0.121. The predicted octanol–water partition coefficient (Wildman–Crippen LogP) is 0.504. The number of sulfonamides is 1. The number of hydrogen-bond donors (Lipinski definition) is 4. The molecule has 1 rings (SSSR count). The summed E-state index contributed by atoms with van der Waals surface area (Å²) in [5, 5.41) is 5.64. The fraction of sp³-hybridized carbons (Fsp3) is 0.462. The molecule has 0 bridgehead atoms. The van der Waals surface area contributed by atoms with E-state index in [4.69, 9.17) is 5.73 Å². The zero-order valence-electron chi connectivity index (χ0n) is 12.4. The Kier molecular flexibility index (Phi) is 5.98. The molecule has 8 heteroatoms. The molecule has 7 nitrogen and oxygen atoms in total. The van der Waals surface area contributed by atoms with Crippen LogP contribution in [0.25, 0.3) is 0 Å². The maximum Gasteiger partial charge on any atom is 0.242 e. The average molecular weight is 314 g/mol. The second-order valence-electron chi connectivity index (χ2n) is 4.62. The summed E-state index contributed by atoms with van der Waals surface area (Å²) in [6.45, 7) is 4.20. The Bertz CT molecular complexity index is 601. The number of nitrogen functional groups attached to an aromatic ring is 1. The quantitative estimate of drug-likeness (QED) is 0.547. The van der Waals surface area contributed by atoms with Gasteiger partial charge in [0, 0.05) is 12.2 Å². The van der Waals surface area contributed by atoms with E-state index in [1.54, 1.807) is 19.1 Å². The van der Waals surface area contributed by atoms with Crippen LogP contribution in [0.15, 0.2) is 23.1 Å². The molecule has 0 saturated heterocycles. The lowest BCUT2D eigenvalue weighted by Crippen LogP contribution is -2.38. The van der Waals surface area contributed by atoms with Crippen molar-refractivity contribution in [2.75, 3.05) is 24.6 Å². The Morgan fingerprint density at radius 3 is 2.62 bits per heavy atom. The summed E-state index contributed by atoms with van der Waals surface area (Å²) >= 11 is 0. The third kappa shape index (κ3) is 4.61. The normalized spacial score (nSPS) is 12.7. The molecule has 0 spiro atoms. The molecular formula is C13H22N4O3S. The van der Waals surface area contributed by atoms with Gasteiger partial charge in [0.2, 0.25) is 15.9 Å². The van der Waals surface area contributed by atoms with Gasteiger partial charge in [-0.3, -0.25) is 4.79 Å². The number of benzene rings is 1. The molecule has 0 saturated carbocycles. The van der Waals surface area contributed by atoms with Crippen LogP contribution in [0.5, 0.6) is 0 Å². The summed E-state index contributed by atoms with van der Waals surface area (Å²) in [6.07, 6.45) is 0.833. The number of nitrogens with one attached hydrogen (secondary N) is 3. The SMILES string of the molecule is CCCNC(=O)C(C)Nc1ccc(N)cc1S(=O)(=O)NC. The fourth-order valence-electron chi connectivity index (χ4n) is 1.69. The summed E-state index contributed by atoms with van der Waals surface area (Å²) in [5.41, 5.74) is 6.30. The van der Waals surface area contributed by atoms with E-state index in [1.165, 1.54) is 13.1 Å². The van der Waals surface area contributed by atoms with Gasteiger partial charge in [0.05, 0.1) is 5.69 Å². The van der Waals surface area contributed by atoms with Crippen LogP contribution < -0.4 is 21.1 Å². The third-order valence-electron chi connectivity index (χ3n) is 2.88. The molecule has 0 aliphatic heterocycles. The molecule has 0 radical (unpaired) electrons. The second kappa shape index (κ2) is 7.28. The van der Waals surface area contributed by atoms with Gasteiger partial charge in [-0.1, -0.05) is 6.92 Å². The molecule has 0 fully saturated rings. The van der Waals surface area contributed by atoms with Gasteiger partial charge >= 0.3 is 0 Å². The van der Waals surface area contributed by atoms with E-state index in [0.29, 0.717) is 17.9 Å². The average Bonchev–Trinajstić information content (AvgIpc) is 2.46. The predicted molar refractivity (Wildman–Crippen MR) is 83.5 cm³/mol. The van der Waals surface area contributed by atoms with E-state index in [2.05, 4.69) is 15.4 Å². The number of carbonyl (C=O) groups excluding carboxylic acids is 1. The van der Waals surface area contributed by atoms with Crippen LogP contribution >= 0.6 is 0 Å². The van der Waals surface area contributed by atoms with Gasteiger partial charge in [-0.05, 0) is 38.6 Å². The number of amides is 1. The summed E-state index contributed by atoms with van der Waals surface area (Å²) in [7, 11) is -2.34. The van der Waals surface area contributed by atoms with Crippen molar-refractivity contribution in [1.82, 2.24) is 10.0 Å². The Labute approximate surface area is 125 Å².